The number of hydrogen-bond donors (Lipinski definition) is 0. The number of halogens is 1. The summed E-state index contributed by atoms with van der Waals surface area (Å²) in [7, 11) is 2.06. The Morgan fingerprint density at radius 2 is 2.00 bits per heavy atom. The molecule has 0 radical (unpaired) electrons. The third-order valence-electron chi connectivity index (χ3n) is 3.55. The van der Waals surface area contributed by atoms with Crippen LogP contribution in [0.15, 0.2) is 36.7 Å². The second-order valence-electron chi connectivity index (χ2n) is 4.77. The first-order valence-corrected chi connectivity index (χ1v) is 6.57. The minimum Gasteiger partial charge on any atom is -0.334 e. The van der Waals surface area contributed by atoms with Crippen molar-refractivity contribution in [3.8, 4) is 0 Å². The predicted octanol–water partition coefficient (Wildman–Crippen LogP) is 3.24. The Kier molecular flexibility index (Phi) is 4.32. The minimum absolute atomic E-state index is 0.194. The molecule has 0 spiro atoms. The highest BCUT2D eigenvalue weighted by atomic mass is 19.1. The average molecular weight is 261 g/mol. The number of benzene rings is 1. The zero-order valence-electron chi connectivity index (χ0n) is 11.7. The fourth-order valence-electron chi connectivity index (χ4n) is 2.14. The topological polar surface area (TPSA) is 21.1 Å². The van der Waals surface area contributed by atoms with Gasteiger partial charge in [-0.15, -0.1) is 0 Å². The summed E-state index contributed by atoms with van der Waals surface area (Å²) in [6.07, 6.45) is 3.82. The zero-order valence-corrected chi connectivity index (χ0v) is 11.7. The zero-order chi connectivity index (χ0) is 13.8. The van der Waals surface area contributed by atoms with E-state index >= 15 is 0 Å². The monoisotopic (exact) mass is 261 g/mol. The molecule has 0 aliphatic carbocycles. The molecule has 0 fully saturated rings. The van der Waals surface area contributed by atoms with E-state index in [-0.39, 0.29) is 11.9 Å². The van der Waals surface area contributed by atoms with Crippen molar-refractivity contribution in [2.24, 2.45) is 0 Å². The summed E-state index contributed by atoms with van der Waals surface area (Å²) in [6, 6.07) is 6.91. The average Bonchev–Trinajstić information content (AvgIpc) is 2.86. The van der Waals surface area contributed by atoms with Crippen LogP contribution in [0.3, 0.4) is 0 Å². The predicted molar refractivity (Wildman–Crippen MR) is 74.2 cm³/mol. The van der Waals surface area contributed by atoms with Gasteiger partial charge >= 0.3 is 0 Å². The normalized spacial score (nSPS) is 12.9. The Bertz CT molecular complexity index is 518. The summed E-state index contributed by atoms with van der Waals surface area (Å²) >= 11 is 0. The Morgan fingerprint density at radius 3 is 2.63 bits per heavy atom. The van der Waals surface area contributed by atoms with Crippen LogP contribution in [-0.2, 0) is 13.1 Å². The molecule has 2 aromatic rings. The molecule has 102 valence electrons. The highest BCUT2D eigenvalue weighted by Gasteiger charge is 2.14. The van der Waals surface area contributed by atoms with Gasteiger partial charge < -0.3 is 4.57 Å². The number of imidazole rings is 1. The van der Waals surface area contributed by atoms with E-state index in [9.17, 15) is 4.39 Å². The number of nitrogens with zero attached hydrogens (tertiary/aromatic N) is 3. The third kappa shape index (κ3) is 3.20. The van der Waals surface area contributed by atoms with Gasteiger partial charge in [-0.1, -0.05) is 12.1 Å². The van der Waals surface area contributed by atoms with Crippen LogP contribution in [-0.4, -0.2) is 21.5 Å². The van der Waals surface area contributed by atoms with E-state index in [0.29, 0.717) is 0 Å². The van der Waals surface area contributed by atoms with E-state index in [1.807, 2.05) is 24.5 Å². The summed E-state index contributed by atoms with van der Waals surface area (Å²) in [6.45, 7) is 5.93. The van der Waals surface area contributed by atoms with Gasteiger partial charge in [0.2, 0.25) is 0 Å². The number of hydrogen-bond acceptors (Lipinski definition) is 2. The van der Waals surface area contributed by atoms with Crippen LogP contribution in [0.5, 0.6) is 0 Å². The van der Waals surface area contributed by atoms with E-state index in [1.54, 1.807) is 0 Å². The second-order valence-corrected chi connectivity index (χ2v) is 4.77. The molecule has 0 aliphatic rings. The van der Waals surface area contributed by atoms with Crippen molar-refractivity contribution < 1.29 is 4.39 Å². The van der Waals surface area contributed by atoms with Gasteiger partial charge in [0.15, 0.2) is 0 Å². The Morgan fingerprint density at radius 1 is 1.32 bits per heavy atom. The van der Waals surface area contributed by atoms with Crippen LogP contribution in [0.2, 0.25) is 0 Å². The van der Waals surface area contributed by atoms with Gasteiger partial charge in [0.05, 0.1) is 6.54 Å². The van der Waals surface area contributed by atoms with Crippen molar-refractivity contribution in [1.29, 1.82) is 0 Å². The number of rotatable bonds is 5. The number of aryl methyl sites for hydroxylation is 1. The van der Waals surface area contributed by atoms with Crippen LogP contribution in [0.1, 0.15) is 31.3 Å². The quantitative estimate of drug-likeness (QED) is 0.824. The van der Waals surface area contributed by atoms with Gasteiger partial charge in [0.1, 0.15) is 11.6 Å². The molecular formula is C15H20FN3. The molecule has 19 heavy (non-hydrogen) atoms. The van der Waals surface area contributed by atoms with Gasteiger partial charge in [-0.3, -0.25) is 4.90 Å². The summed E-state index contributed by atoms with van der Waals surface area (Å²) in [5.74, 6) is 0.860. The summed E-state index contributed by atoms with van der Waals surface area (Å²) in [5.41, 5.74) is 1.11. The fraction of sp³-hybridized carbons (Fsp3) is 0.400. The molecule has 4 heteroatoms. The lowest BCUT2D eigenvalue weighted by atomic mass is 10.1. The van der Waals surface area contributed by atoms with E-state index < -0.39 is 0 Å². The summed E-state index contributed by atoms with van der Waals surface area (Å²) < 4.78 is 15.1. The van der Waals surface area contributed by atoms with Gasteiger partial charge in [-0.25, -0.2) is 9.37 Å². The lowest BCUT2D eigenvalue weighted by molar-refractivity contribution is 0.243. The van der Waals surface area contributed by atoms with Crippen molar-refractivity contribution in [2.75, 3.05) is 7.05 Å². The van der Waals surface area contributed by atoms with Crippen molar-refractivity contribution in [3.63, 3.8) is 0 Å². The Balaban J connectivity index is 2.07. The van der Waals surface area contributed by atoms with Gasteiger partial charge in [-0.05, 0) is 38.6 Å². The maximum Gasteiger partial charge on any atom is 0.123 e. The summed E-state index contributed by atoms with van der Waals surface area (Å²) in [4.78, 5) is 6.59. The molecular weight excluding hydrogens is 241 g/mol. The maximum absolute atomic E-state index is 12.9. The molecule has 2 rings (SSSR count). The Hall–Kier alpha value is -1.68. The van der Waals surface area contributed by atoms with E-state index in [1.165, 1.54) is 12.1 Å². The minimum atomic E-state index is -0.194. The first kappa shape index (κ1) is 13.7. The molecule has 1 heterocycles. The third-order valence-corrected chi connectivity index (χ3v) is 3.55. The van der Waals surface area contributed by atoms with Crippen LogP contribution in [0.4, 0.5) is 4.39 Å². The first-order valence-electron chi connectivity index (χ1n) is 6.57. The molecule has 0 saturated heterocycles. The molecule has 0 N–H and O–H groups in total. The van der Waals surface area contributed by atoms with Gasteiger partial charge in [0, 0.05) is 25.0 Å². The number of aromatic nitrogens is 2. The van der Waals surface area contributed by atoms with Crippen molar-refractivity contribution in [2.45, 2.75) is 33.0 Å². The lowest BCUT2D eigenvalue weighted by Crippen LogP contribution is -2.23. The molecule has 0 aliphatic heterocycles. The molecule has 0 amide bonds. The first-order chi connectivity index (χ1) is 9.11. The lowest BCUT2D eigenvalue weighted by Gasteiger charge is -2.25. The largest absolute Gasteiger partial charge is 0.334 e. The molecule has 1 aromatic carbocycles. The molecule has 1 unspecified atom stereocenters. The Labute approximate surface area is 113 Å². The van der Waals surface area contributed by atoms with E-state index in [0.717, 1.165) is 24.5 Å². The smallest absolute Gasteiger partial charge is 0.123 e. The fourth-order valence-corrected chi connectivity index (χ4v) is 2.14. The van der Waals surface area contributed by atoms with E-state index in [4.69, 9.17) is 0 Å². The molecule has 0 saturated carbocycles. The van der Waals surface area contributed by atoms with Gasteiger partial charge in [-0.2, -0.15) is 0 Å². The highest BCUT2D eigenvalue weighted by molar-refractivity contribution is 5.19. The van der Waals surface area contributed by atoms with Gasteiger partial charge in [0.25, 0.3) is 0 Å². The van der Waals surface area contributed by atoms with Crippen LogP contribution in [0, 0.1) is 5.82 Å². The SMILES string of the molecule is CCn1ccnc1CN(C)C(C)c1ccc(F)cc1. The highest BCUT2D eigenvalue weighted by Crippen LogP contribution is 2.20. The van der Waals surface area contributed by atoms with Crippen molar-refractivity contribution in [3.05, 3.63) is 53.9 Å². The van der Waals surface area contributed by atoms with E-state index in [2.05, 4.69) is 35.3 Å². The standard InChI is InChI=1S/C15H20FN3/c1-4-19-10-9-17-15(19)11-18(3)12(2)13-5-7-14(16)8-6-13/h5-10,12H,4,11H2,1-3H3. The maximum atomic E-state index is 12.9. The molecule has 3 nitrogen and oxygen atoms in total. The van der Waals surface area contributed by atoms with Crippen LogP contribution < -0.4 is 0 Å². The molecule has 1 atom stereocenters. The molecule has 1 aromatic heterocycles. The summed E-state index contributed by atoms with van der Waals surface area (Å²) in [5, 5.41) is 0. The van der Waals surface area contributed by atoms with Crippen LogP contribution >= 0.6 is 0 Å². The van der Waals surface area contributed by atoms with Crippen molar-refractivity contribution in [1.82, 2.24) is 14.5 Å². The molecule has 0 bridgehead atoms. The van der Waals surface area contributed by atoms with Crippen molar-refractivity contribution >= 4 is 0 Å². The van der Waals surface area contributed by atoms with Crippen LogP contribution in [0.25, 0.3) is 0 Å². The second kappa shape index (κ2) is 5.97.